The van der Waals surface area contributed by atoms with E-state index in [9.17, 15) is 4.79 Å². The fourth-order valence-electron chi connectivity index (χ4n) is 2.53. The van der Waals surface area contributed by atoms with Crippen LogP contribution in [0.15, 0.2) is 0 Å². The smallest absolute Gasteiger partial charge is 0.434 e. The first-order valence-electron chi connectivity index (χ1n) is 7.77. The second kappa shape index (κ2) is 10.9. The second-order valence-electron chi connectivity index (χ2n) is 5.62. The Morgan fingerprint density at radius 1 is 0.900 bits per heavy atom. The van der Waals surface area contributed by atoms with Crippen LogP contribution in [-0.2, 0) is 9.47 Å². The van der Waals surface area contributed by atoms with Gasteiger partial charge in [0, 0.05) is 13.2 Å². The third kappa shape index (κ3) is 7.70. The van der Waals surface area contributed by atoms with Crippen molar-refractivity contribution in [1.29, 1.82) is 0 Å². The first kappa shape index (κ1) is 17.2. The van der Waals surface area contributed by atoms with E-state index in [1.54, 1.807) is 0 Å². The van der Waals surface area contributed by atoms with Crippen LogP contribution in [0.3, 0.4) is 0 Å². The van der Waals surface area contributed by atoms with Crippen molar-refractivity contribution in [3.8, 4) is 0 Å². The first-order chi connectivity index (χ1) is 9.76. The number of carbonyl (C=O) groups excluding carboxylic acids is 1. The molecule has 0 aliphatic heterocycles. The number of ether oxygens (including phenoxy) is 2. The van der Waals surface area contributed by atoms with Crippen LogP contribution >= 0.6 is 0 Å². The van der Waals surface area contributed by atoms with Gasteiger partial charge in [-0.3, -0.25) is 0 Å². The van der Waals surface area contributed by atoms with Gasteiger partial charge in [-0.2, -0.15) is 0 Å². The molecule has 0 bridgehead atoms. The summed E-state index contributed by atoms with van der Waals surface area (Å²) in [7, 11) is 0. The predicted octanol–water partition coefficient (Wildman–Crippen LogP) is 2.49. The van der Waals surface area contributed by atoms with Gasteiger partial charge in [0.2, 0.25) is 0 Å². The molecule has 0 spiro atoms. The molecule has 2 N–H and O–H groups in total. The minimum Gasteiger partial charge on any atom is -0.434 e. The Kier molecular flexibility index (Phi) is 9.41. The number of hydrogen-bond acceptors (Lipinski definition) is 5. The van der Waals surface area contributed by atoms with Gasteiger partial charge < -0.3 is 19.7 Å². The van der Waals surface area contributed by atoms with Gasteiger partial charge in [-0.05, 0) is 56.8 Å². The van der Waals surface area contributed by atoms with Crippen molar-refractivity contribution in [2.45, 2.75) is 51.4 Å². The summed E-state index contributed by atoms with van der Waals surface area (Å²) in [6.45, 7) is 1.32. The Hall–Kier alpha value is -0.810. The quantitative estimate of drug-likeness (QED) is 0.503. The van der Waals surface area contributed by atoms with E-state index in [2.05, 4.69) is 0 Å². The zero-order chi connectivity index (χ0) is 14.6. The van der Waals surface area contributed by atoms with E-state index in [4.69, 9.17) is 19.7 Å². The number of hydrogen-bond donors (Lipinski definition) is 2. The van der Waals surface area contributed by atoms with Crippen LogP contribution in [0.1, 0.15) is 51.4 Å². The molecule has 0 unspecified atom stereocenters. The lowest BCUT2D eigenvalue weighted by Crippen LogP contribution is -2.22. The minimum absolute atomic E-state index is 0.224. The van der Waals surface area contributed by atoms with Crippen molar-refractivity contribution in [2.24, 2.45) is 11.8 Å². The van der Waals surface area contributed by atoms with Gasteiger partial charge in [0.25, 0.3) is 0 Å². The lowest BCUT2D eigenvalue weighted by Gasteiger charge is -2.26. The molecule has 5 nitrogen and oxygen atoms in total. The van der Waals surface area contributed by atoms with Crippen molar-refractivity contribution >= 4 is 6.16 Å². The zero-order valence-corrected chi connectivity index (χ0v) is 12.3. The molecule has 0 amide bonds. The van der Waals surface area contributed by atoms with Gasteiger partial charge in [-0.1, -0.05) is 6.42 Å². The van der Waals surface area contributed by atoms with Gasteiger partial charge in [0.15, 0.2) is 0 Å². The highest BCUT2D eigenvalue weighted by Gasteiger charge is 2.21. The molecule has 1 fully saturated rings. The summed E-state index contributed by atoms with van der Waals surface area (Å²) in [6.07, 6.45) is 7.03. The Balaban J connectivity index is 1.95. The number of aliphatic hydroxyl groups excluding tert-OH is 2. The monoisotopic (exact) mass is 288 g/mol. The molecule has 5 heteroatoms. The summed E-state index contributed by atoms with van der Waals surface area (Å²) in [6, 6.07) is 0. The molecule has 0 saturated heterocycles. The molecule has 1 rings (SSSR count). The lowest BCUT2D eigenvalue weighted by atomic mass is 9.83. The Morgan fingerprint density at radius 3 is 2.20 bits per heavy atom. The van der Waals surface area contributed by atoms with Gasteiger partial charge in [0.1, 0.15) is 0 Å². The van der Waals surface area contributed by atoms with E-state index in [1.165, 1.54) is 0 Å². The largest absolute Gasteiger partial charge is 0.508 e. The molecule has 0 radical (unpaired) electrons. The van der Waals surface area contributed by atoms with Gasteiger partial charge in [0.05, 0.1) is 13.2 Å². The third-order valence-electron chi connectivity index (χ3n) is 3.93. The maximum atomic E-state index is 11.4. The van der Waals surface area contributed by atoms with Crippen LogP contribution in [0.5, 0.6) is 0 Å². The Labute approximate surface area is 121 Å². The van der Waals surface area contributed by atoms with Crippen molar-refractivity contribution in [1.82, 2.24) is 0 Å². The topological polar surface area (TPSA) is 76.0 Å². The standard InChI is InChI=1S/C15H28O5/c16-9-3-1-2-4-10-19-15(18)20-12-14-7-5-13(11-17)6-8-14/h13-14,16-17H,1-12H2. The molecule has 0 aromatic heterocycles. The minimum atomic E-state index is -0.573. The number of rotatable bonds is 9. The molecule has 0 aromatic rings. The summed E-state index contributed by atoms with van der Waals surface area (Å²) in [5.74, 6) is 0.840. The van der Waals surface area contributed by atoms with Crippen molar-refractivity contribution < 1.29 is 24.5 Å². The van der Waals surface area contributed by atoms with Crippen LogP contribution in [0.25, 0.3) is 0 Å². The van der Waals surface area contributed by atoms with Crippen LogP contribution < -0.4 is 0 Å². The second-order valence-corrected chi connectivity index (χ2v) is 5.62. The van der Waals surface area contributed by atoms with E-state index in [0.717, 1.165) is 51.4 Å². The number of carbonyl (C=O) groups is 1. The van der Waals surface area contributed by atoms with Crippen molar-refractivity contribution in [3.63, 3.8) is 0 Å². The molecule has 1 aliphatic rings. The fraction of sp³-hybridized carbons (Fsp3) is 0.933. The van der Waals surface area contributed by atoms with Gasteiger partial charge >= 0.3 is 6.16 Å². The van der Waals surface area contributed by atoms with E-state index >= 15 is 0 Å². The molecular weight excluding hydrogens is 260 g/mol. The first-order valence-corrected chi connectivity index (χ1v) is 7.77. The van der Waals surface area contributed by atoms with Crippen molar-refractivity contribution in [3.05, 3.63) is 0 Å². The van der Waals surface area contributed by atoms with E-state index in [1.807, 2.05) is 0 Å². The Morgan fingerprint density at radius 2 is 1.55 bits per heavy atom. The highest BCUT2D eigenvalue weighted by atomic mass is 16.7. The summed E-state index contributed by atoms with van der Waals surface area (Å²) in [5.41, 5.74) is 0. The highest BCUT2D eigenvalue weighted by molar-refractivity contribution is 5.59. The van der Waals surface area contributed by atoms with Crippen LogP contribution in [0, 0.1) is 11.8 Å². The summed E-state index contributed by atoms with van der Waals surface area (Å²) >= 11 is 0. The molecule has 0 heterocycles. The van der Waals surface area contributed by atoms with Crippen LogP contribution in [0.4, 0.5) is 4.79 Å². The molecule has 118 valence electrons. The van der Waals surface area contributed by atoms with Crippen LogP contribution in [-0.4, -0.2) is 42.8 Å². The van der Waals surface area contributed by atoms with E-state index in [0.29, 0.717) is 25.0 Å². The summed E-state index contributed by atoms with van der Waals surface area (Å²) < 4.78 is 10.1. The number of unbranched alkanes of at least 4 members (excludes halogenated alkanes) is 3. The molecular formula is C15H28O5. The SMILES string of the molecule is O=C(OCCCCCCO)OCC1CCC(CO)CC1. The predicted molar refractivity (Wildman–Crippen MR) is 75.4 cm³/mol. The number of aliphatic hydroxyl groups is 2. The molecule has 0 atom stereocenters. The molecule has 1 aliphatic carbocycles. The maximum Gasteiger partial charge on any atom is 0.508 e. The lowest BCUT2D eigenvalue weighted by molar-refractivity contribution is 0.0343. The zero-order valence-electron chi connectivity index (χ0n) is 12.3. The summed E-state index contributed by atoms with van der Waals surface area (Å²) in [5, 5.41) is 17.7. The molecule has 20 heavy (non-hydrogen) atoms. The Bertz CT molecular complexity index is 249. The highest BCUT2D eigenvalue weighted by Crippen LogP contribution is 2.28. The maximum absolute atomic E-state index is 11.4. The van der Waals surface area contributed by atoms with Crippen LogP contribution in [0.2, 0.25) is 0 Å². The van der Waals surface area contributed by atoms with E-state index < -0.39 is 6.16 Å². The average molecular weight is 288 g/mol. The van der Waals surface area contributed by atoms with Gasteiger partial charge in [-0.15, -0.1) is 0 Å². The molecule has 0 aromatic carbocycles. The average Bonchev–Trinajstić information content (AvgIpc) is 2.49. The molecule has 1 saturated carbocycles. The van der Waals surface area contributed by atoms with Gasteiger partial charge in [-0.25, -0.2) is 4.79 Å². The summed E-state index contributed by atoms with van der Waals surface area (Å²) in [4.78, 5) is 11.4. The fourth-order valence-corrected chi connectivity index (χ4v) is 2.53. The normalized spacial score (nSPS) is 22.5. The van der Waals surface area contributed by atoms with E-state index in [-0.39, 0.29) is 13.2 Å². The third-order valence-corrected chi connectivity index (χ3v) is 3.93. The van der Waals surface area contributed by atoms with Crippen molar-refractivity contribution in [2.75, 3.05) is 26.4 Å².